The Bertz CT molecular complexity index is 1090. The molecule has 31 heavy (non-hydrogen) atoms. The Balaban J connectivity index is 1.55. The number of pyridine rings is 1. The van der Waals surface area contributed by atoms with E-state index in [1.807, 2.05) is 0 Å². The number of H-pyrrole nitrogens is 1. The van der Waals surface area contributed by atoms with Crippen LogP contribution in [0.1, 0.15) is 37.7 Å². The molecule has 0 amide bonds. The summed E-state index contributed by atoms with van der Waals surface area (Å²) in [6.45, 7) is 0.849. The molecule has 163 valence electrons. The topological polar surface area (TPSA) is 71.2 Å². The van der Waals surface area contributed by atoms with Crippen molar-refractivity contribution >= 4 is 28.2 Å². The Hall–Kier alpha value is -3.10. The van der Waals surface area contributed by atoms with Gasteiger partial charge in [-0.15, -0.1) is 0 Å². The van der Waals surface area contributed by atoms with Gasteiger partial charge in [0.1, 0.15) is 24.7 Å². The molecule has 2 aliphatic rings. The van der Waals surface area contributed by atoms with Gasteiger partial charge in [0.25, 0.3) is 0 Å². The number of ether oxygens (including phenoxy) is 2. The summed E-state index contributed by atoms with van der Waals surface area (Å²) in [7, 11) is 0. The maximum atomic E-state index is 13.6. The molecule has 9 heteroatoms. The van der Waals surface area contributed by atoms with Gasteiger partial charge in [0.2, 0.25) is 0 Å². The number of anilines is 3. The van der Waals surface area contributed by atoms with Crippen molar-refractivity contribution < 1.29 is 22.6 Å². The summed E-state index contributed by atoms with van der Waals surface area (Å²) >= 11 is 0. The molecule has 3 aromatic rings. The smallest absolute Gasteiger partial charge is 0.418 e. The van der Waals surface area contributed by atoms with Gasteiger partial charge in [-0.1, -0.05) is 19.3 Å². The molecule has 0 spiro atoms. The van der Waals surface area contributed by atoms with E-state index in [-0.39, 0.29) is 17.1 Å². The number of aromatic nitrogens is 2. The van der Waals surface area contributed by atoms with Crippen molar-refractivity contribution in [3.05, 3.63) is 36.0 Å². The molecule has 3 N–H and O–H groups in total. The van der Waals surface area contributed by atoms with E-state index in [4.69, 9.17) is 9.47 Å². The highest BCUT2D eigenvalue weighted by atomic mass is 19.4. The summed E-state index contributed by atoms with van der Waals surface area (Å²) in [5, 5.41) is 6.58. The third-order valence-electron chi connectivity index (χ3n) is 5.67. The second-order valence-electron chi connectivity index (χ2n) is 7.83. The lowest BCUT2D eigenvalue weighted by atomic mass is 9.95. The number of alkyl halides is 3. The van der Waals surface area contributed by atoms with Crippen molar-refractivity contribution in [2.45, 2.75) is 44.3 Å². The molecule has 5 rings (SSSR count). The molecular weight excluding hydrogens is 409 g/mol. The number of rotatable bonds is 4. The van der Waals surface area contributed by atoms with E-state index in [0.29, 0.717) is 41.9 Å². The van der Waals surface area contributed by atoms with Crippen LogP contribution >= 0.6 is 0 Å². The molecular formula is C22H22F3N4O2. The molecule has 1 saturated carbocycles. The van der Waals surface area contributed by atoms with E-state index in [1.54, 1.807) is 18.2 Å². The normalized spacial score (nSPS) is 17.0. The number of nitrogens with zero attached hydrogens (tertiary/aromatic N) is 1. The van der Waals surface area contributed by atoms with Gasteiger partial charge in [-0.3, -0.25) is 0 Å². The first kappa shape index (κ1) is 19.8. The zero-order chi connectivity index (χ0) is 21.4. The summed E-state index contributed by atoms with van der Waals surface area (Å²) < 4.78 is 52.1. The van der Waals surface area contributed by atoms with Crippen LogP contribution in [0.25, 0.3) is 11.0 Å². The first-order valence-electron chi connectivity index (χ1n) is 10.4. The van der Waals surface area contributed by atoms with Crippen LogP contribution in [-0.2, 0) is 6.18 Å². The predicted molar refractivity (Wildman–Crippen MR) is 111 cm³/mol. The maximum absolute atomic E-state index is 13.6. The quantitative estimate of drug-likeness (QED) is 0.499. The van der Waals surface area contributed by atoms with Crippen LogP contribution in [0.2, 0.25) is 0 Å². The van der Waals surface area contributed by atoms with Gasteiger partial charge in [-0.2, -0.15) is 13.2 Å². The van der Waals surface area contributed by atoms with Gasteiger partial charge in [0.05, 0.1) is 16.6 Å². The number of hydrogen-bond donors (Lipinski definition) is 3. The van der Waals surface area contributed by atoms with Gasteiger partial charge in [0, 0.05) is 30.1 Å². The summed E-state index contributed by atoms with van der Waals surface area (Å²) in [4.78, 5) is 7.08. The molecule has 1 aliphatic heterocycles. The molecule has 2 aromatic heterocycles. The van der Waals surface area contributed by atoms with Crippen LogP contribution in [0.3, 0.4) is 0 Å². The van der Waals surface area contributed by atoms with E-state index in [2.05, 4.69) is 26.7 Å². The highest BCUT2D eigenvalue weighted by molar-refractivity contribution is 5.95. The number of benzene rings is 1. The second-order valence-corrected chi connectivity index (χ2v) is 7.83. The molecule has 1 aliphatic carbocycles. The Morgan fingerprint density at radius 3 is 2.71 bits per heavy atom. The molecule has 0 bridgehead atoms. The van der Waals surface area contributed by atoms with E-state index in [9.17, 15) is 13.2 Å². The fourth-order valence-corrected chi connectivity index (χ4v) is 4.24. The van der Waals surface area contributed by atoms with Crippen molar-refractivity contribution in [2.24, 2.45) is 0 Å². The van der Waals surface area contributed by atoms with Crippen LogP contribution in [0, 0.1) is 6.07 Å². The Labute approximate surface area is 177 Å². The Morgan fingerprint density at radius 1 is 1.10 bits per heavy atom. The van der Waals surface area contributed by atoms with Crippen LogP contribution < -0.4 is 20.1 Å². The van der Waals surface area contributed by atoms with Gasteiger partial charge >= 0.3 is 6.18 Å². The molecule has 1 aromatic carbocycles. The zero-order valence-corrected chi connectivity index (χ0v) is 16.7. The van der Waals surface area contributed by atoms with Crippen LogP contribution in [0.5, 0.6) is 11.5 Å². The number of hydrogen-bond acceptors (Lipinski definition) is 5. The lowest BCUT2D eigenvalue weighted by molar-refractivity contribution is -0.136. The summed E-state index contributed by atoms with van der Waals surface area (Å²) in [6.07, 6.45) is 1.67. The number of nitrogens with one attached hydrogen (secondary N) is 3. The molecule has 6 nitrogen and oxygen atoms in total. The SMILES string of the molecule is FC(F)(F)c1c[nH]c2nc(Nc3cc[c]c4c3OCCO4)cc(NC3CCCCC3)c12. The molecule has 1 radical (unpaired) electrons. The van der Waals surface area contributed by atoms with Gasteiger partial charge in [-0.25, -0.2) is 4.98 Å². The second kappa shape index (κ2) is 7.86. The van der Waals surface area contributed by atoms with Gasteiger partial charge in [0.15, 0.2) is 11.5 Å². The zero-order valence-electron chi connectivity index (χ0n) is 16.7. The van der Waals surface area contributed by atoms with Crippen molar-refractivity contribution in [1.82, 2.24) is 9.97 Å². The molecule has 3 heterocycles. The minimum absolute atomic E-state index is 0.0617. The third kappa shape index (κ3) is 3.96. The van der Waals surface area contributed by atoms with Crippen molar-refractivity contribution in [3.8, 4) is 11.5 Å². The highest BCUT2D eigenvalue weighted by Gasteiger charge is 2.35. The Kier molecular flexibility index (Phi) is 5.03. The number of halogens is 3. The first-order valence-corrected chi connectivity index (χ1v) is 10.4. The van der Waals surface area contributed by atoms with Crippen LogP contribution in [0.15, 0.2) is 24.4 Å². The molecule has 0 atom stereocenters. The standard InChI is InChI=1S/C22H22F3N4O2/c23-22(24,25)14-12-26-21-19(14)16(27-13-5-2-1-3-6-13)11-18(29-21)28-15-7-4-8-17-20(15)31-10-9-30-17/h4,7,11-13H,1-3,5-6,9-10H2,(H3,26,27,28,29). The highest BCUT2D eigenvalue weighted by Crippen LogP contribution is 2.41. The average molecular weight is 431 g/mol. The maximum Gasteiger partial charge on any atom is 0.418 e. The average Bonchev–Trinajstić information content (AvgIpc) is 3.20. The summed E-state index contributed by atoms with van der Waals surface area (Å²) in [6, 6.07) is 8.22. The number of fused-ring (bicyclic) bond motifs is 2. The van der Waals surface area contributed by atoms with Crippen molar-refractivity contribution in [2.75, 3.05) is 23.8 Å². The lowest BCUT2D eigenvalue weighted by Crippen LogP contribution is -2.22. The first-order chi connectivity index (χ1) is 15.0. The molecule has 0 saturated heterocycles. The molecule has 0 unspecified atom stereocenters. The monoisotopic (exact) mass is 431 g/mol. The van der Waals surface area contributed by atoms with E-state index < -0.39 is 11.7 Å². The van der Waals surface area contributed by atoms with Crippen molar-refractivity contribution in [1.29, 1.82) is 0 Å². The van der Waals surface area contributed by atoms with Gasteiger partial charge < -0.3 is 25.1 Å². The fraction of sp³-hybridized carbons (Fsp3) is 0.409. The summed E-state index contributed by atoms with van der Waals surface area (Å²) in [5.74, 6) is 1.42. The van der Waals surface area contributed by atoms with Gasteiger partial charge in [-0.05, 0) is 25.0 Å². The Morgan fingerprint density at radius 2 is 1.90 bits per heavy atom. The van der Waals surface area contributed by atoms with E-state index >= 15 is 0 Å². The van der Waals surface area contributed by atoms with Crippen molar-refractivity contribution in [3.63, 3.8) is 0 Å². The number of aromatic amines is 1. The van der Waals surface area contributed by atoms with E-state index in [1.165, 1.54) is 0 Å². The van der Waals surface area contributed by atoms with Crippen LogP contribution in [0.4, 0.5) is 30.4 Å². The predicted octanol–water partition coefficient (Wildman–Crippen LogP) is 5.64. The summed E-state index contributed by atoms with van der Waals surface area (Å²) in [5.41, 5.74) is 0.487. The largest absolute Gasteiger partial charge is 0.485 e. The lowest BCUT2D eigenvalue weighted by Gasteiger charge is -2.25. The van der Waals surface area contributed by atoms with E-state index in [0.717, 1.165) is 38.3 Å². The van der Waals surface area contributed by atoms with Crippen LogP contribution in [-0.4, -0.2) is 29.2 Å². The third-order valence-corrected chi connectivity index (χ3v) is 5.67. The fourth-order valence-electron chi connectivity index (χ4n) is 4.24. The minimum atomic E-state index is -4.47. The molecule has 1 fully saturated rings. The minimum Gasteiger partial charge on any atom is -0.485 e.